The van der Waals surface area contributed by atoms with Crippen LogP contribution in [0.5, 0.6) is 0 Å². The minimum atomic E-state index is -0.626. The molecule has 4 aromatic rings. The molecule has 0 aliphatic carbocycles. The third kappa shape index (κ3) is 5.65. The van der Waals surface area contributed by atoms with Crippen LogP contribution < -0.4 is 14.9 Å². The van der Waals surface area contributed by atoms with Gasteiger partial charge in [-0.1, -0.05) is 74.9 Å². The van der Waals surface area contributed by atoms with Crippen molar-refractivity contribution >= 4 is 46.0 Å². The highest BCUT2D eigenvalue weighted by molar-refractivity contribution is 14.1. The Hall–Kier alpha value is -3.24. The molecule has 3 heterocycles. The van der Waals surface area contributed by atoms with Crippen molar-refractivity contribution in [1.29, 1.82) is 0 Å². The van der Waals surface area contributed by atoms with Crippen LogP contribution in [0.1, 0.15) is 69.4 Å². The molecule has 0 radical (unpaired) electrons. The van der Waals surface area contributed by atoms with Gasteiger partial charge in [0.15, 0.2) is 4.80 Å². The molecule has 40 heavy (non-hydrogen) atoms. The van der Waals surface area contributed by atoms with Crippen LogP contribution >= 0.6 is 33.9 Å². The van der Waals surface area contributed by atoms with Crippen LogP contribution in [0.2, 0.25) is 0 Å². The van der Waals surface area contributed by atoms with Gasteiger partial charge in [0.25, 0.3) is 5.56 Å². The van der Waals surface area contributed by atoms with E-state index in [0.29, 0.717) is 38.7 Å². The number of allylic oxidation sites excluding steroid dienone is 1. The second kappa shape index (κ2) is 12.1. The average Bonchev–Trinajstić information content (AvgIpc) is 3.53. The van der Waals surface area contributed by atoms with Gasteiger partial charge in [-0.15, -0.1) is 0 Å². The highest BCUT2D eigenvalue weighted by atomic mass is 127. The Bertz CT molecular complexity index is 1740. The highest BCUT2D eigenvalue weighted by Crippen LogP contribution is 2.33. The number of carbonyl (C=O) groups is 1. The molecule has 8 heteroatoms. The van der Waals surface area contributed by atoms with E-state index in [1.165, 1.54) is 16.9 Å². The van der Waals surface area contributed by atoms with Crippen molar-refractivity contribution in [2.24, 2.45) is 4.99 Å². The SMILES string of the molecule is CCCC1=C(C(=O)OCC)[C@H](c2ccc(C(C)C)cc2)n2c(s/c(=C\c3ccc(-c4ccc(I)cc4)o3)c2=O)=N1. The summed E-state index contributed by atoms with van der Waals surface area (Å²) in [5.41, 5.74) is 3.89. The molecule has 0 N–H and O–H groups in total. The number of hydrogen-bond donors (Lipinski definition) is 0. The molecule has 2 aromatic heterocycles. The zero-order chi connectivity index (χ0) is 28.4. The highest BCUT2D eigenvalue weighted by Gasteiger charge is 2.34. The fourth-order valence-corrected chi connectivity index (χ4v) is 6.19. The lowest BCUT2D eigenvalue weighted by molar-refractivity contribution is -0.139. The van der Waals surface area contributed by atoms with Crippen molar-refractivity contribution in [2.75, 3.05) is 6.61 Å². The molecule has 0 fully saturated rings. The molecule has 0 unspecified atom stereocenters. The Labute approximate surface area is 250 Å². The Balaban J connectivity index is 1.66. The molecular weight excluding hydrogens is 635 g/mol. The zero-order valence-electron chi connectivity index (χ0n) is 22.9. The number of ether oxygens (including phenoxy) is 1. The number of carbonyl (C=O) groups excluding carboxylic acids is 1. The van der Waals surface area contributed by atoms with Crippen molar-refractivity contribution in [3.05, 3.63) is 112 Å². The van der Waals surface area contributed by atoms with Gasteiger partial charge in [-0.05, 0) is 77.2 Å². The van der Waals surface area contributed by atoms with E-state index in [1.54, 1.807) is 17.6 Å². The third-order valence-electron chi connectivity index (χ3n) is 6.84. The van der Waals surface area contributed by atoms with Gasteiger partial charge in [0.2, 0.25) is 0 Å². The van der Waals surface area contributed by atoms with Crippen molar-refractivity contribution in [3.63, 3.8) is 0 Å². The number of furan rings is 1. The Morgan fingerprint density at radius 3 is 2.48 bits per heavy atom. The minimum absolute atomic E-state index is 0.216. The van der Waals surface area contributed by atoms with Crippen LogP contribution in [0.15, 0.2) is 86.1 Å². The van der Waals surface area contributed by atoms with Crippen LogP contribution in [-0.2, 0) is 9.53 Å². The van der Waals surface area contributed by atoms with Crippen LogP contribution in [0.25, 0.3) is 17.4 Å². The standard InChI is InChI=1S/C32H31IN2O4S/c1-5-7-25-28(31(37)38-6-2)29(22-10-8-20(9-11-22)19(3)4)35-30(36)27(40-32(35)34-25)18-24-16-17-26(39-24)21-12-14-23(33)15-13-21/h8-19,29H,5-7H2,1-4H3/b27-18-/t29-/m0/s1. The Morgan fingerprint density at radius 1 is 1.10 bits per heavy atom. The summed E-state index contributed by atoms with van der Waals surface area (Å²) in [7, 11) is 0. The summed E-state index contributed by atoms with van der Waals surface area (Å²) in [5, 5.41) is 0. The Kier molecular flexibility index (Phi) is 8.56. The summed E-state index contributed by atoms with van der Waals surface area (Å²) in [5.74, 6) is 1.24. The van der Waals surface area contributed by atoms with E-state index in [2.05, 4.69) is 55.5 Å². The maximum atomic E-state index is 13.9. The maximum Gasteiger partial charge on any atom is 0.338 e. The van der Waals surface area contributed by atoms with Gasteiger partial charge in [-0.25, -0.2) is 9.79 Å². The second-order valence-electron chi connectivity index (χ2n) is 9.94. The normalized spacial score (nSPS) is 15.3. The second-order valence-corrected chi connectivity index (χ2v) is 12.2. The Morgan fingerprint density at radius 2 is 1.82 bits per heavy atom. The number of esters is 1. The van der Waals surface area contributed by atoms with E-state index in [1.807, 2.05) is 48.5 Å². The number of aromatic nitrogens is 1. The molecule has 0 bridgehead atoms. The number of fused-ring (bicyclic) bond motifs is 1. The van der Waals surface area contributed by atoms with Gasteiger partial charge in [0, 0.05) is 15.2 Å². The van der Waals surface area contributed by atoms with Crippen molar-refractivity contribution < 1.29 is 13.9 Å². The molecule has 206 valence electrons. The maximum absolute atomic E-state index is 13.9. The molecule has 0 amide bonds. The largest absolute Gasteiger partial charge is 0.463 e. The summed E-state index contributed by atoms with van der Waals surface area (Å²) in [4.78, 5) is 32.7. The van der Waals surface area contributed by atoms with E-state index in [0.717, 1.165) is 26.9 Å². The van der Waals surface area contributed by atoms with Crippen LogP contribution in [0.3, 0.4) is 0 Å². The van der Waals surface area contributed by atoms with E-state index >= 15 is 0 Å². The van der Waals surface area contributed by atoms with Crippen LogP contribution in [0, 0.1) is 3.57 Å². The van der Waals surface area contributed by atoms with Gasteiger partial charge >= 0.3 is 5.97 Å². The summed E-state index contributed by atoms with van der Waals surface area (Å²) in [6.45, 7) is 8.36. The lowest BCUT2D eigenvalue weighted by Crippen LogP contribution is -2.40. The minimum Gasteiger partial charge on any atom is -0.463 e. The molecule has 5 rings (SSSR count). The first kappa shape index (κ1) is 28.3. The predicted molar refractivity (Wildman–Crippen MR) is 167 cm³/mol. The number of thiazole rings is 1. The molecule has 0 spiro atoms. The van der Waals surface area contributed by atoms with E-state index in [-0.39, 0.29) is 12.2 Å². The lowest BCUT2D eigenvalue weighted by Gasteiger charge is -2.26. The average molecular weight is 667 g/mol. The van der Waals surface area contributed by atoms with Gasteiger partial charge in [-0.3, -0.25) is 9.36 Å². The van der Waals surface area contributed by atoms with Gasteiger partial charge < -0.3 is 9.15 Å². The molecule has 0 saturated heterocycles. The van der Waals surface area contributed by atoms with E-state index in [9.17, 15) is 9.59 Å². The summed E-state index contributed by atoms with van der Waals surface area (Å²) in [6.07, 6.45) is 3.17. The first-order chi connectivity index (χ1) is 19.3. The van der Waals surface area contributed by atoms with Gasteiger partial charge in [-0.2, -0.15) is 0 Å². The lowest BCUT2D eigenvalue weighted by atomic mass is 9.92. The number of benzene rings is 2. The number of nitrogens with zero attached hydrogens (tertiary/aromatic N) is 2. The van der Waals surface area contributed by atoms with Crippen LogP contribution in [-0.4, -0.2) is 17.1 Å². The first-order valence-corrected chi connectivity index (χ1v) is 15.4. The van der Waals surface area contributed by atoms with Crippen molar-refractivity contribution in [1.82, 2.24) is 4.57 Å². The van der Waals surface area contributed by atoms with E-state index in [4.69, 9.17) is 14.1 Å². The molecule has 1 aliphatic heterocycles. The third-order valence-corrected chi connectivity index (χ3v) is 8.54. The first-order valence-electron chi connectivity index (χ1n) is 13.5. The molecule has 1 aliphatic rings. The van der Waals surface area contributed by atoms with E-state index < -0.39 is 12.0 Å². The van der Waals surface area contributed by atoms with Gasteiger partial charge in [0.05, 0.1) is 28.5 Å². The summed E-state index contributed by atoms with van der Waals surface area (Å²) < 4.78 is 14.8. The zero-order valence-corrected chi connectivity index (χ0v) is 25.9. The summed E-state index contributed by atoms with van der Waals surface area (Å²) in [6, 6.07) is 19.3. The molecule has 0 saturated carbocycles. The van der Waals surface area contributed by atoms with Crippen molar-refractivity contribution in [3.8, 4) is 11.3 Å². The predicted octanol–water partition coefficient (Wildman–Crippen LogP) is 6.57. The van der Waals surface area contributed by atoms with Gasteiger partial charge in [0.1, 0.15) is 11.5 Å². The smallest absolute Gasteiger partial charge is 0.338 e. The number of halogens is 1. The molecule has 1 atom stereocenters. The van der Waals surface area contributed by atoms with Crippen molar-refractivity contribution in [2.45, 2.75) is 52.5 Å². The molecule has 6 nitrogen and oxygen atoms in total. The topological polar surface area (TPSA) is 73.8 Å². The number of hydrogen-bond acceptors (Lipinski definition) is 6. The fraction of sp³-hybridized carbons (Fsp3) is 0.281. The fourth-order valence-electron chi connectivity index (χ4n) is 4.83. The van der Waals surface area contributed by atoms with Crippen LogP contribution in [0.4, 0.5) is 0 Å². The quantitative estimate of drug-likeness (QED) is 0.158. The number of rotatable bonds is 8. The molecule has 2 aromatic carbocycles. The summed E-state index contributed by atoms with van der Waals surface area (Å²) >= 11 is 3.58. The monoisotopic (exact) mass is 666 g/mol. The molecular formula is C32H31IN2O4S.